The molecule has 0 saturated heterocycles. The van der Waals surface area contributed by atoms with Crippen molar-refractivity contribution in [2.45, 2.75) is 24.7 Å². The molecule has 2 N–H and O–H groups in total. The molecular formula is C27H31N5O. The van der Waals surface area contributed by atoms with Crippen LogP contribution in [0.4, 0.5) is 11.4 Å². The van der Waals surface area contributed by atoms with Gasteiger partial charge in [0.1, 0.15) is 11.4 Å². The van der Waals surface area contributed by atoms with Crippen molar-refractivity contribution >= 4 is 23.2 Å². The first-order valence-corrected chi connectivity index (χ1v) is 11.5. The normalized spacial score (nSPS) is 17.0. The number of anilines is 2. The lowest BCUT2D eigenvalue weighted by atomic mass is 9.68. The average Bonchev–Trinajstić information content (AvgIpc) is 3.59. The van der Waals surface area contributed by atoms with Crippen molar-refractivity contribution in [1.82, 2.24) is 10.2 Å². The Kier molecular flexibility index (Phi) is 5.23. The van der Waals surface area contributed by atoms with Gasteiger partial charge in [-0.3, -0.25) is 5.10 Å². The van der Waals surface area contributed by atoms with E-state index in [0.717, 1.165) is 36.2 Å². The van der Waals surface area contributed by atoms with Gasteiger partial charge in [-0.2, -0.15) is 5.10 Å². The highest BCUT2D eigenvalue weighted by Crippen LogP contribution is 2.44. The Bertz CT molecular complexity index is 1180. The van der Waals surface area contributed by atoms with E-state index in [9.17, 15) is 5.21 Å². The number of hydrogen-bond acceptors (Lipinski definition) is 5. The first-order chi connectivity index (χ1) is 15.9. The summed E-state index contributed by atoms with van der Waals surface area (Å²) in [6.45, 7) is 0. The number of oxime groups is 1. The second-order valence-corrected chi connectivity index (χ2v) is 9.59. The molecule has 1 saturated carbocycles. The number of H-pyrrole nitrogens is 1. The molecule has 1 aromatic heterocycles. The maximum absolute atomic E-state index is 9.63. The molecule has 0 aliphatic heterocycles. The minimum absolute atomic E-state index is 0.316. The van der Waals surface area contributed by atoms with Gasteiger partial charge in [-0.15, -0.1) is 0 Å². The van der Waals surface area contributed by atoms with Gasteiger partial charge in [-0.25, -0.2) is 0 Å². The molecule has 2 aliphatic rings. The Hall–Kier alpha value is -3.54. The average molecular weight is 442 g/mol. The lowest BCUT2D eigenvalue weighted by Crippen LogP contribution is -2.31. The summed E-state index contributed by atoms with van der Waals surface area (Å²) in [6.07, 6.45) is 7.34. The third-order valence-electron chi connectivity index (χ3n) is 6.94. The van der Waals surface area contributed by atoms with Gasteiger partial charge in [-0.05, 0) is 48.2 Å². The van der Waals surface area contributed by atoms with Crippen molar-refractivity contribution < 1.29 is 5.21 Å². The Morgan fingerprint density at radius 2 is 1.61 bits per heavy atom. The molecule has 6 nitrogen and oxygen atoms in total. The van der Waals surface area contributed by atoms with Crippen LogP contribution >= 0.6 is 0 Å². The molecule has 0 amide bonds. The Balaban J connectivity index is 1.66. The molecule has 0 bridgehead atoms. The SMILES string of the molecule is CN(C)c1cccc(C2(c3cccc(N(C)C)c3)C=Cc3c(C(=NO)C4CC4)n[nH]c3C2)c1. The summed E-state index contributed by atoms with van der Waals surface area (Å²) in [7, 11) is 8.29. The highest BCUT2D eigenvalue weighted by molar-refractivity contribution is 6.04. The predicted octanol–water partition coefficient (Wildman–Crippen LogP) is 4.69. The summed E-state index contributed by atoms with van der Waals surface area (Å²) in [6, 6.07) is 17.5. The maximum atomic E-state index is 9.63. The van der Waals surface area contributed by atoms with Crippen molar-refractivity contribution in [2.75, 3.05) is 38.0 Å². The van der Waals surface area contributed by atoms with Crippen LogP contribution in [0.5, 0.6) is 0 Å². The third kappa shape index (κ3) is 3.69. The van der Waals surface area contributed by atoms with Crippen LogP contribution in [0.2, 0.25) is 0 Å². The summed E-state index contributed by atoms with van der Waals surface area (Å²) < 4.78 is 0. The molecule has 3 aromatic rings. The molecule has 1 heterocycles. The molecule has 1 fully saturated rings. The number of hydrogen-bond donors (Lipinski definition) is 2. The largest absolute Gasteiger partial charge is 0.411 e. The van der Waals surface area contributed by atoms with Gasteiger partial charge in [0.05, 0.1) is 0 Å². The fourth-order valence-corrected chi connectivity index (χ4v) is 4.83. The van der Waals surface area contributed by atoms with E-state index in [4.69, 9.17) is 0 Å². The van der Waals surface area contributed by atoms with E-state index in [1.54, 1.807) is 0 Å². The maximum Gasteiger partial charge on any atom is 0.117 e. The minimum atomic E-state index is -0.342. The van der Waals surface area contributed by atoms with Crippen LogP contribution in [0.25, 0.3) is 6.08 Å². The lowest BCUT2D eigenvalue weighted by Gasteiger charge is -2.35. The van der Waals surface area contributed by atoms with Crippen LogP contribution in [0, 0.1) is 5.92 Å². The number of fused-ring (bicyclic) bond motifs is 1. The topological polar surface area (TPSA) is 67.8 Å². The van der Waals surface area contributed by atoms with Crippen LogP contribution in [-0.4, -0.2) is 49.3 Å². The van der Waals surface area contributed by atoms with Gasteiger partial charge in [-0.1, -0.05) is 41.6 Å². The van der Waals surface area contributed by atoms with Crippen LogP contribution in [-0.2, 0) is 11.8 Å². The molecule has 6 heteroatoms. The second kappa shape index (κ2) is 8.10. The number of aromatic amines is 1. The standard InChI is InChI=1S/C27H31N5O/c1-31(2)21-9-5-7-19(15-21)27(20-8-6-10-22(16-20)32(3)4)14-13-23-24(17-27)28-29-26(23)25(30-33)18-11-12-18/h5-10,13-16,18,33H,11-12,17H2,1-4H3,(H,28,29). The van der Waals surface area contributed by atoms with E-state index >= 15 is 0 Å². The quantitative estimate of drug-likeness (QED) is 0.331. The van der Waals surface area contributed by atoms with Gasteiger partial charge in [0, 0.05) is 68.6 Å². The molecule has 2 aromatic carbocycles. The molecule has 33 heavy (non-hydrogen) atoms. The Morgan fingerprint density at radius 3 is 2.12 bits per heavy atom. The number of benzene rings is 2. The zero-order valence-corrected chi connectivity index (χ0v) is 19.7. The van der Waals surface area contributed by atoms with Gasteiger partial charge < -0.3 is 15.0 Å². The first kappa shape index (κ1) is 21.3. The Labute approximate surface area is 195 Å². The highest BCUT2D eigenvalue weighted by Gasteiger charge is 2.39. The fourth-order valence-electron chi connectivity index (χ4n) is 4.83. The first-order valence-electron chi connectivity index (χ1n) is 11.5. The number of allylic oxidation sites excluding steroid dienone is 1. The lowest BCUT2D eigenvalue weighted by molar-refractivity contribution is 0.317. The van der Waals surface area contributed by atoms with Crippen molar-refractivity contribution in [1.29, 1.82) is 0 Å². The van der Waals surface area contributed by atoms with Crippen LogP contribution < -0.4 is 9.80 Å². The zero-order chi connectivity index (χ0) is 23.2. The van der Waals surface area contributed by atoms with Crippen LogP contribution in [0.1, 0.15) is 40.9 Å². The zero-order valence-electron chi connectivity index (χ0n) is 19.7. The molecule has 5 rings (SSSR count). The number of nitrogens with zero attached hydrogens (tertiary/aromatic N) is 4. The molecule has 0 atom stereocenters. The molecular weight excluding hydrogens is 410 g/mol. The third-order valence-corrected chi connectivity index (χ3v) is 6.94. The van der Waals surface area contributed by atoms with Gasteiger partial charge in [0.25, 0.3) is 0 Å². The Morgan fingerprint density at radius 1 is 1.00 bits per heavy atom. The van der Waals surface area contributed by atoms with Crippen molar-refractivity contribution in [3.8, 4) is 0 Å². The molecule has 0 radical (unpaired) electrons. The van der Waals surface area contributed by atoms with E-state index in [1.807, 2.05) is 0 Å². The van der Waals surface area contributed by atoms with Crippen molar-refractivity contribution in [3.05, 3.63) is 82.7 Å². The van der Waals surface area contributed by atoms with E-state index in [2.05, 4.69) is 114 Å². The molecule has 2 aliphatic carbocycles. The fraction of sp³-hybridized carbons (Fsp3) is 0.333. The van der Waals surface area contributed by atoms with Crippen molar-refractivity contribution in [3.63, 3.8) is 0 Å². The smallest absolute Gasteiger partial charge is 0.117 e. The summed E-state index contributed by atoms with van der Waals surface area (Å²) in [5.41, 5.74) is 8.06. The monoisotopic (exact) mass is 441 g/mol. The number of nitrogens with one attached hydrogen (secondary N) is 1. The number of aromatic nitrogens is 2. The molecule has 0 unspecified atom stereocenters. The van der Waals surface area contributed by atoms with E-state index in [-0.39, 0.29) is 5.41 Å². The van der Waals surface area contributed by atoms with Crippen LogP contribution in [0.15, 0.2) is 59.8 Å². The molecule has 170 valence electrons. The predicted molar refractivity (Wildman–Crippen MR) is 135 cm³/mol. The van der Waals surface area contributed by atoms with Crippen molar-refractivity contribution in [2.24, 2.45) is 11.1 Å². The van der Waals surface area contributed by atoms with E-state index in [1.165, 1.54) is 22.5 Å². The van der Waals surface area contributed by atoms with Gasteiger partial charge in [0.2, 0.25) is 0 Å². The number of rotatable bonds is 6. The van der Waals surface area contributed by atoms with Gasteiger partial charge in [0.15, 0.2) is 0 Å². The summed E-state index contributed by atoms with van der Waals surface area (Å²) in [4.78, 5) is 4.28. The molecule has 0 spiro atoms. The minimum Gasteiger partial charge on any atom is -0.411 e. The summed E-state index contributed by atoms with van der Waals surface area (Å²) in [5.74, 6) is 0.316. The van der Waals surface area contributed by atoms with E-state index < -0.39 is 0 Å². The summed E-state index contributed by atoms with van der Waals surface area (Å²) in [5, 5.41) is 21.1. The van der Waals surface area contributed by atoms with E-state index in [0.29, 0.717) is 11.6 Å². The highest BCUT2D eigenvalue weighted by atomic mass is 16.4. The van der Waals surface area contributed by atoms with Crippen LogP contribution in [0.3, 0.4) is 0 Å². The second-order valence-electron chi connectivity index (χ2n) is 9.59. The summed E-state index contributed by atoms with van der Waals surface area (Å²) >= 11 is 0. The van der Waals surface area contributed by atoms with Gasteiger partial charge >= 0.3 is 0 Å².